The fourth-order valence-corrected chi connectivity index (χ4v) is 4.89. The summed E-state index contributed by atoms with van der Waals surface area (Å²) in [7, 11) is 0. The molecule has 0 bridgehead atoms. The Morgan fingerprint density at radius 2 is 1.75 bits per heavy atom. The molecule has 2 atom stereocenters. The molecule has 0 saturated carbocycles. The van der Waals surface area contributed by atoms with Crippen LogP contribution < -0.4 is 4.90 Å². The first kappa shape index (κ1) is 20.9. The van der Waals surface area contributed by atoms with Crippen LogP contribution in [0, 0.1) is 5.92 Å². The van der Waals surface area contributed by atoms with Crippen LogP contribution in [-0.2, 0) is 9.63 Å². The van der Waals surface area contributed by atoms with E-state index in [0.29, 0.717) is 6.54 Å². The molecular formula is C26H30N4O2. The van der Waals surface area contributed by atoms with Crippen molar-refractivity contribution in [2.75, 3.05) is 50.7 Å². The quantitative estimate of drug-likeness (QED) is 0.732. The molecular weight excluding hydrogens is 400 g/mol. The average molecular weight is 431 g/mol. The van der Waals surface area contributed by atoms with E-state index in [9.17, 15) is 4.79 Å². The SMILES string of the molecule is CC(=O)N1C[C@@H]2C(=NO[C@H]2CN2CCN(C/C=C/c3ccccc3)CC2)c2ccccc21. The summed E-state index contributed by atoms with van der Waals surface area (Å²) in [4.78, 5) is 25.0. The molecule has 1 fully saturated rings. The molecule has 1 amide bonds. The average Bonchev–Trinajstić information content (AvgIpc) is 3.23. The first-order chi connectivity index (χ1) is 15.7. The zero-order chi connectivity index (χ0) is 21.9. The van der Waals surface area contributed by atoms with Crippen molar-refractivity contribution in [1.29, 1.82) is 0 Å². The van der Waals surface area contributed by atoms with Crippen LogP contribution in [0.3, 0.4) is 0 Å². The van der Waals surface area contributed by atoms with E-state index in [4.69, 9.17) is 4.84 Å². The molecule has 0 aliphatic carbocycles. The van der Waals surface area contributed by atoms with E-state index in [2.05, 4.69) is 51.4 Å². The van der Waals surface area contributed by atoms with Crippen LogP contribution >= 0.6 is 0 Å². The molecule has 0 unspecified atom stereocenters. The van der Waals surface area contributed by atoms with Gasteiger partial charge in [-0.15, -0.1) is 0 Å². The minimum atomic E-state index is -0.00951. The predicted molar refractivity (Wildman–Crippen MR) is 128 cm³/mol. The molecule has 0 N–H and O–H groups in total. The summed E-state index contributed by atoms with van der Waals surface area (Å²) in [5.74, 6) is 0.194. The number of para-hydroxylation sites is 1. The summed E-state index contributed by atoms with van der Waals surface area (Å²) in [6.07, 6.45) is 4.44. The minimum Gasteiger partial charge on any atom is -0.390 e. The van der Waals surface area contributed by atoms with Gasteiger partial charge in [0.1, 0.15) is 6.10 Å². The highest BCUT2D eigenvalue weighted by Gasteiger charge is 2.42. The number of rotatable bonds is 5. The van der Waals surface area contributed by atoms with E-state index in [0.717, 1.165) is 56.2 Å². The number of anilines is 1. The van der Waals surface area contributed by atoms with Gasteiger partial charge in [-0.25, -0.2) is 0 Å². The van der Waals surface area contributed by atoms with Crippen LogP contribution in [0.25, 0.3) is 6.08 Å². The van der Waals surface area contributed by atoms with Gasteiger partial charge < -0.3 is 9.74 Å². The van der Waals surface area contributed by atoms with Gasteiger partial charge in [0.25, 0.3) is 0 Å². The fraction of sp³-hybridized carbons (Fsp3) is 0.385. The fourth-order valence-electron chi connectivity index (χ4n) is 4.89. The molecule has 32 heavy (non-hydrogen) atoms. The van der Waals surface area contributed by atoms with Crippen molar-refractivity contribution >= 4 is 23.4 Å². The second-order valence-electron chi connectivity index (χ2n) is 8.79. The highest BCUT2D eigenvalue weighted by molar-refractivity contribution is 6.12. The minimum absolute atomic E-state index is 0.00951. The number of oxime groups is 1. The summed E-state index contributed by atoms with van der Waals surface area (Å²) < 4.78 is 0. The Bertz CT molecular complexity index is 1010. The zero-order valence-electron chi connectivity index (χ0n) is 18.6. The van der Waals surface area contributed by atoms with E-state index in [1.165, 1.54) is 5.56 Å². The lowest BCUT2D eigenvalue weighted by molar-refractivity contribution is -0.116. The molecule has 5 rings (SSSR count). The van der Waals surface area contributed by atoms with Crippen LogP contribution in [0.4, 0.5) is 5.69 Å². The van der Waals surface area contributed by atoms with Gasteiger partial charge in [0.05, 0.1) is 17.3 Å². The largest absolute Gasteiger partial charge is 0.390 e. The Kier molecular flexibility index (Phi) is 6.06. The standard InChI is InChI=1S/C26H30N4O2/c1-20(31)30-18-23-25(32-27-26(23)22-11-5-6-12-24(22)30)19-29-16-14-28(15-17-29)13-7-10-21-8-3-2-4-9-21/h2-12,23,25H,13-19H2,1H3/b10-7+/t23-,25-/m0/s1. The molecule has 1 saturated heterocycles. The van der Waals surface area contributed by atoms with Gasteiger partial charge in [0.2, 0.25) is 5.91 Å². The molecule has 2 aromatic carbocycles. The topological polar surface area (TPSA) is 48.4 Å². The number of hydrogen-bond acceptors (Lipinski definition) is 5. The van der Waals surface area contributed by atoms with E-state index < -0.39 is 0 Å². The number of nitrogens with zero attached hydrogens (tertiary/aromatic N) is 4. The summed E-state index contributed by atoms with van der Waals surface area (Å²) in [6, 6.07) is 18.4. The number of carbonyl (C=O) groups is 1. The third kappa shape index (κ3) is 4.33. The maximum atomic E-state index is 12.3. The monoisotopic (exact) mass is 430 g/mol. The predicted octanol–water partition coefficient (Wildman–Crippen LogP) is 3.10. The molecule has 6 nitrogen and oxygen atoms in total. The third-order valence-electron chi connectivity index (χ3n) is 6.69. The van der Waals surface area contributed by atoms with Crippen LogP contribution in [-0.4, -0.2) is 73.3 Å². The molecule has 6 heteroatoms. The van der Waals surface area contributed by atoms with Gasteiger partial charge in [-0.2, -0.15) is 0 Å². The lowest BCUT2D eigenvalue weighted by atomic mass is 9.86. The van der Waals surface area contributed by atoms with E-state index in [1.54, 1.807) is 6.92 Å². The number of benzene rings is 2. The van der Waals surface area contributed by atoms with E-state index in [-0.39, 0.29) is 17.9 Å². The molecule has 3 aliphatic rings. The number of amides is 1. The summed E-state index contributed by atoms with van der Waals surface area (Å²) >= 11 is 0. The molecule has 0 radical (unpaired) electrons. The van der Waals surface area contributed by atoms with E-state index >= 15 is 0 Å². The normalized spacial score (nSPS) is 23.5. The first-order valence-electron chi connectivity index (χ1n) is 11.5. The van der Waals surface area contributed by atoms with Crippen LogP contribution in [0.5, 0.6) is 0 Å². The van der Waals surface area contributed by atoms with Crippen LogP contribution in [0.15, 0.2) is 65.8 Å². The maximum Gasteiger partial charge on any atom is 0.223 e. The van der Waals surface area contributed by atoms with Crippen molar-refractivity contribution < 1.29 is 9.63 Å². The molecule has 166 valence electrons. The molecule has 0 aromatic heterocycles. The summed E-state index contributed by atoms with van der Waals surface area (Å²) in [6.45, 7) is 8.24. The number of carbonyl (C=O) groups excluding carboxylic acids is 1. The van der Waals surface area contributed by atoms with Crippen molar-refractivity contribution in [3.63, 3.8) is 0 Å². The summed E-state index contributed by atoms with van der Waals surface area (Å²) in [5, 5.41) is 4.46. The molecule has 3 heterocycles. The number of hydrogen-bond donors (Lipinski definition) is 0. The lowest BCUT2D eigenvalue weighted by Crippen LogP contribution is -2.51. The van der Waals surface area contributed by atoms with Gasteiger partial charge in [0.15, 0.2) is 0 Å². The molecule has 2 aromatic rings. The Morgan fingerprint density at radius 1 is 1.03 bits per heavy atom. The number of fused-ring (bicyclic) bond motifs is 3. The van der Waals surface area contributed by atoms with Crippen molar-refractivity contribution in [3.05, 3.63) is 71.8 Å². The van der Waals surface area contributed by atoms with Gasteiger partial charge >= 0.3 is 0 Å². The second kappa shape index (κ2) is 9.27. The zero-order valence-corrected chi connectivity index (χ0v) is 18.6. The summed E-state index contributed by atoms with van der Waals surface area (Å²) in [5.41, 5.74) is 4.20. The Labute approximate surface area is 189 Å². The van der Waals surface area contributed by atoms with Crippen LogP contribution in [0.2, 0.25) is 0 Å². The van der Waals surface area contributed by atoms with E-state index in [1.807, 2.05) is 35.2 Å². The second-order valence-corrected chi connectivity index (χ2v) is 8.79. The van der Waals surface area contributed by atoms with Gasteiger partial charge in [0, 0.05) is 58.3 Å². The first-order valence-corrected chi connectivity index (χ1v) is 11.5. The number of piperazine rings is 1. The smallest absolute Gasteiger partial charge is 0.223 e. The van der Waals surface area contributed by atoms with Gasteiger partial charge in [-0.1, -0.05) is 65.8 Å². The Hall–Kier alpha value is -2.96. The third-order valence-corrected chi connectivity index (χ3v) is 6.69. The van der Waals surface area contributed by atoms with Gasteiger partial charge in [-0.3, -0.25) is 14.6 Å². The highest BCUT2D eigenvalue weighted by Crippen LogP contribution is 2.36. The molecule has 0 spiro atoms. The van der Waals surface area contributed by atoms with Crippen molar-refractivity contribution in [2.45, 2.75) is 13.0 Å². The van der Waals surface area contributed by atoms with Crippen molar-refractivity contribution in [2.24, 2.45) is 11.1 Å². The van der Waals surface area contributed by atoms with Crippen molar-refractivity contribution in [3.8, 4) is 0 Å². The molecule has 3 aliphatic heterocycles. The lowest BCUT2D eigenvalue weighted by Gasteiger charge is -2.37. The Balaban J connectivity index is 1.16. The van der Waals surface area contributed by atoms with Crippen molar-refractivity contribution in [1.82, 2.24) is 9.80 Å². The highest BCUT2D eigenvalue weighted by atomic mass is 16.6. The Morgan fingerprint density at radius 3 is 2.53 bits per heavy atom. The maximum absolute atomic E-state index is 12.3. The van der Waals surface area contributed by atoms with Crippen LogP contribution in [0.1, 0.15) is 18.1 Å². The van der Waals surface area contributed by atoms with Gasteiger partial charge in [-0.05, 0) is 11.6 Å².